The van der Waals surface area contributed by atoms with Gasteiger partial charge in [0, 0.05) is 5.92 Å². The number of carboxylic acids is 1. The fourth-order valence-electron chi connectivity index (χ4n) is 2.70. The van der Waals surface area contributed by atoms with Gasteiger partial charge in [0.05, 0.1) is 19.1 Å². The molecule has 5 nitrogen and oxygen atoms in total. The maximum absolute atomic E-state index is 10.6. The highest BCUT2D eigenvalue weighted by molar-refractivity contribution is 5.67. The van der Waals surface area contributed by atoms with Crippen LogP contribution >= 0.6 is 0 Å². The van der Waals surface area contributed by atoms with Gasteiger partial charge in [0.2, 0.25) is 0 Å². The monoisotopic (exact) mass is 243 g/mol. The van der Waals surface area contributed by atoms with Crippen LogP contribution in [0.1, 0.15) is 26.2 Å². The van der Waals surface area contributed by atoms with Crippen molar-refractivity contribution in [1.29, 1.82) is 0 Å². The van der Waals surface area contributed by atoms with Crippen molar-refractivity contribution >= 4 is 5.97 Å². The molecule has 2 heterocycles. The number of hydrogen-bond acceptors (Lipinski definition) is 4. The highest BCUT2D eigenvalue weighted by Gasteiger charge is 2.44. The fraction of sp³-hybridized carbons (Fsp3) is 0.917. The van der Waals surface area contributed by atoms with Gasteiger partial charge in [0.15, 0.2) is 5.79 Å². The molecule has 0 aromatic heterocycles. The number of ether oxygens (including phenoxy) is 2. The van der Waals surface area contributed by atoms with E-state index in [-0.39, 0.29) is 12.5 Å². The molecule has 98 valence electrons. The molecular formula is C12H21NO4. The van der Waals surface area contributed by atoms with Gasteiger partial charge < -0.3 is 19.5 Å². The van der Waals surface area contributed by atoms with Gasteiger partial charge in [-0.15, -0.1) is 0 Å². The normalized spacial score (nSPS) is 36.2. The molecule has 0 radical (unpaired) electrons. The lowest BCUT2D eigenvalue weighted by atomic mass is 9.89. The average molecular weight is 243 g/mol. The number of rotatable bonds is 3. The van der Waals surface area contributed by atoms with E-state index in [1.54, 1.807) is 0 Å². The number of aliphatic carboxylic acids is 1. The van der Waals surface area contributed by atoms with Gasteiger partial charge in [-0.3, -0.25) is 4.79 Å². The topological polar surface area (TPSA) is 59.0 Å². The van der Waals surface area contributed by atoms with E-state index in [1.165, 1.54) is 0 Å². The number of hydrogen-bond donors (Lipinski definition) is 1. The zero-order chi connectivity index (χ0) is 12.5. The quantitative estimate of drug-likeness (QED) is 0.799. The lowest BCUT2D eigenvalue weighted by Crippen LogP contribution is -2.43. The summed E-state index contributed by atoms with van der Waals surface area (Å²) in [5.41, 5.74) is 0. The van der Waals surface area contributed by atoms with Gasteiger partial charge in [-0.25, -0.2) is 0 Å². The molecule has 0 spiro atoms. The summed E-state index contributed by atoms with van der Waals surface area (Å²) >= 11 is 0. The van der Waals surface area contributed by atoms with Crippen LogP contribution < -0.4 is 0 Å². The standard InChI is InChI=1S/C12H21NO4/c1-12(9-3-5-13(2)6-4-9)16-8-10(17-12)7-11(14)15/h9-10H,3-8H2,1-2H3,(H,14,15). The number of likely N-dealkylation sites (tertiary alicyclic amines) is 1. The molecule has 0 amide bonds. The molecule has 0 saturated carbocycles. The Hall–Kier alpha value is -0.650. The molecule has 0 aromatic rings. The van der Waals surface area contributed by atoms with Gasteiger partial charge in [-0.2, -0.15) is 0 Å². The number of nitrogens with zero attached hydrogens (tertiary/aromatic N) is 1. The zero-order valence-corrected chi connectivity index (χ0v) is 10.5. The minimum Gasteiger partial charge on any atom is -0.481 e. The van der Waals surface area contributed by atoms with Crippen LogP contribution in [-0.4, -0.2) is 54.6 Å². The van der Waals surface area contributed by atoms with Crippen LogP contribution in [-0.2, 0) is 14.3 Å². The Morgan fingerprint density at radius 2 is 2.12 bits per heavy atom. The summed E-state index contributed by atoms with van der Waals surface area (Å²) in [6.07, 6.45) is 1.83. The van der Waals surface area contributed by atoms with E-state index in [2.05, 4.69) is 11.9 Å². The molecule has 2 atom stereocenters. The third-order valence-electron chi connectivity index (χ3n) is 3.82. The van der Waals surface area contributed by atoms with E-state index < -0.39 is 11.8 Å². The average Bonchev–Trinajstić information content (AvgIpc) is 2.61. The lowest BCUT2D eigenvalue weighted by molar-refractivity contribution is -0.200. The number of carbonyl (C=O) groups is 1. The molecule has 2 saturated heterocycles. The predicted molar refractivity (Wildman–Crippen MR) is 61.7 cm³/mol. The second-order valence-corrected chi connectivity index (χ2v) is 5.24. The molecule has 0 aromatic carbocycles. The first-order chi connectivity index (χ1) is 7.99. The highest BCUT2D eigenvalue weighted by Crippen LogP contribution is 2.37. The van der Waals surface area contributed by atoms with Gasteiger partial charge in [-0.1, -0.05) is 0 Å². The van der Waals surface area contributed by atoms with Crippen LogP contribution in [0.2, 0.25) is 0 Å². The summed E-state index contributed by atoms with van der Waals surface area (Å²) in [7, 11) is 2.11. The first-order valence-electron chi connectivity index (χ1n) is 6.22. The van der Waals surface area contributed by atoms with Crippen molar-refractivity contribution in [1.82, 2.24) is 4.90 Å². The Balaban J connectivity index is 1.90. The fourth-order valence-corrected chi connectivity index (χ4v) is 2.70. The van der Waals surface area contributed by atoms with Gasteiger partial charge in [-0.05, 0) is 39.9 Å². The minimum atomic E-state index is -0.828. The molecule has 2 rings (SSSR count). The van der Waals surface area contributed by atoms with E-state index in [9.17, 15) is 4.79 Å². The first kappa shape index (κ1) is 12.8. The van der Waals surface area contributed by atoms with Gasteiger partial charge >= 0.3 is 5.97 Å². The zero-order valence-electron chi connectivity index (χ0n) is 10.5. The van der Waals surface area contributed by atoms with Crippen molar-refractivity contribution in [2.45, 2.75) is 38.1 Å². The molecule has 17 heavy (non-hydrogen) atoms. The Labute approximate surface area is 102 Å². The summed E-state index contributed by atoms with van der Waals surface area (Å²) in [5, 5.41) is 8.75. The van der Waals surface area contributed by atoms with Crippen molar-refractivity contribution in [3.8, 4) is 0 Å². The van der Waals surface area contributed by atoms with E-state index in [0.717, 1.165) is 25.9 Å². The van der Waals surface area contributed by atoms with E-state index in [4.69, 9.17) is 14.6 Å². The van der Waals surface area contributed by atoms with E-state index in [0.29, 0.717) is 12.5 Å². The summed E-state index contributed by atoms with van der Waals surface area (Å²) in [5.74, 6) is -1.04. The van der Waals surface area contributed by atoms with Gasteiger partial charge in [0.1, 0.15) is 0 Å². The third-order valence-corrected chi connectivity index (χ3v) is 3.82. The summed E-state index contributed by atoms with van der Waals surface area (Å²) in [6.45, 7) is 4.45. The van der Waals surface area contributed by atoms with Crippen molar-refractivity contribution in [3.63, 3.8) is 0 Å². The molecule has 1 N–H and O–H groups in total. The summed E-state index contributed by atoms with van der Waals surface area (Å²) in [4.78, 5) is 12.9. The van der Waals surface area contributed by atoms with E-state index in [1.807, 2.05) is 6.92 Å². The van der Waals surface area contributed by atoms with Crippen molar-refractivity contribution in [3.05, 3.63) is 0 Å². The lowest BCUT2D eigenvalue weighted by Gasteiger charge is -2.38. The molecular weight excluding hydrogens is 222 g/mol. The van der Waals surface area contributed by atoms with Crippen LogP contribution in [0.3, 0.4) is 0 Å². The summed E-state index contributed by atoms with van der Waals surface area (Å²) in [6, 6.07) is 0. The maximum atomic E-state index is 10.6. The predicted octanol–water partition coefficient (Wildman–Crippen LogP) is 0.934. The molecule has 0 aliphatic carbocycles. The van der Waals surface area contributed by atoms with Crippen LogP contribution in [0.4, 0.5) is 0 Å². The molecule has 0 bridgehead atoms. The molecule has 2 fully saturated rings. The molecule has 2 unspecified atom stereocenters. The second kappa shape index (κ2) is 4.92. The van der Waals surface area contributed by atoms with Crippen molar-refractivity contribution in [2.24, 2.45) is 5.92 Å². The smallest absolute Gasteiger partial charge is 0.306 e. The maximum Gasteiger partial charge on any atom is 0.306 e. The van der Waals surface area contributed by atoms with Crippen molar-refractivity contribution < 1.29 is 19.4 Å². The van der Waals surface area contributed by atoms with Crippen LogP contribution in [0.25, 0.3) is 0 Å². The van der Waals surface area contributed by atoms with E-state index >= 15 is 0 Å². The second-order valence-electron chi connectivity index (χ2n) is 5.24. The summed E-state index contributed by atoms with van der Waals surface area (Å²) < 4.78 is 11.5. The number of carboxylic acid groups (broad SMARTS) is 1. The molecule has 2 aliphatic heterocycles. The SMILES string of the molecule is CN1CCC(C2(C)OCC(CC(=O)O)O2)CC1. The molecule has 5 heteroatoms. The largest absolute Gasteiger partial charge is 0.481 e. The van der Waals surface area contributed by atoms with Crippen LogP contribution in [0, 0.1) is 5.92 Å². The van der Waals surface area contributed by atoms with Crippen LogP contribution in [0.5, 0.6) is 0 Å². The minimum absolute atomic E-state index is 0.0300. The Kier molecular flexibility index (Phi) is 3.70. The van der Waals surface area contributed by atoms with Gasteiger partial charge in [0.25, 0.3) is 0 Å². The highest BCUT2D eigenvalue weighted by atomic mass is 16.7. The Morgan fingerprint density at radius 1 is 1.47 bits per heavy atom. The Bertz CT molecular complexity index is 288. The third kappa shape index (κ3) is 2.97. The first-order valence-corrected chi connectivity index (χ1v) is 6.22. The van der Waals surface area contributed by atoms with Crippen LogP contribution in [0.15, 0.2) is 0 Å². The number of piperidine rings is 1. The Morgan fingerprint density at radius 3 is 2.71 bits per heavy atom. The molecule has 2 aliphatic rings. The van der Waals surface area contributed by atoms with Crippen molar-refractivity contribution in [2.75, 3.05) is 26.7 Å².